The minimum Gasteiger partial charge on any atom is -0.314 e. The lowest BCUT2D eigenvalue weighted by molar-refractivity contribution is -0.119. The molecule has 0 saturated heterocycles. The first-order chi connectivity index (χ1) is 16.4. The van der Waals surface area contributed by atoms with Crippen molar-refractivity contribution < 1.29 is 4.79 Å². The van der Waals surface area contributed by atoms with Crippen LogP contribution in [0.1, 0.15) is 16.8 Å². The summed E-state index contributed by atoms with van der Waals surface area (Å²) in [5.41, 5.74) is 5.73. The summed E-state index contributed by atoms with van der Waals surface area (Å²) < 4.78 is 0. The van der Waals surface area contributed by atoms with Crippen molar-refractivity contribution in [3.05, 3.63) is 101 Å². The molecule has 34 heavy (non-hydrogen) atoms. The molecule has 170 valence electrons. The van der Waals surface area contributed by atoms with Gasteiger partial charge in [-0.05, 0) is 49.7 Å². The molecule has 0 bridgehead atoms. The number of nitrogens with zero attached hydrogens (tertiary/aromatic N) is 4. The van der Waals surface area contributed by atoms with Crippen LogP contribution < -0.4 is 9.80 Å². The highest BCUT2D eigenvalue weighted by Gasteiger charge is 2.39. The Morgan fingerprint density at radius 1 is 0.941 bits per heavy atom. The maximum absolute atomic E-state index is 13.8. The van der Waals surface area contributed by atoms with Gasteiger partial charge in [-0.15, -0.1) is 0 Å². The molecule has 0 spiro atoms. The maximum Gasteiger partial charge on any atom is 0.250 e. The van der Waals surface area contributed by atoms with Gasteiger partial charge in [0.05, 0.1) is 0 Å². The number of hydrogen-bond donors (Lipinski definition) is 0. The minimum atomic E-state index is -0.422. The Balaban J connectivity index is 1.61. The van der Waals surface area contributed by atoms with Gasteiger partial charge in [0.2, 0.25) is 5.91 Å². The van der Waals surface area contributed by atoms with Gasteiger partial charge in [-0.1, -0.05) is 60.1 Å². The summed E-state index contributed by atoms with van der Waals surface area (Å²) in [7, 11) is 1.81. The van der Waals surface area contributed by atoms with Crippen LogP contribution in [0.4, 0.5) is 17.2 Å². The zero-order valence-corrected chi connectivity index (χ0v) is 20.1. The zero-order chi connectivity index (χ0) is 23.8. The summed E-state index contributed by atoms with van der Waals surface area (Å²) in [4.78, 5) is 27.4. The third-order valence-electron chi connectivity index (χ3n) is 6.43. The number of carbonyl (C=O) groups is 1. The van der Waals surface area contributed by atoms with Crippen molar-refractivity contribution in [2.24, 2.45) is 0 Å². The highest BCUT2D eigenvalue weighted by atomic mass is 35.5. The van der Waals surface area contributed by atoms with Crippen molar-refractivity contribution in [3.63, 3.8) is 0 Å². The molecule has 1 aliphatic heterocycles. The number of benzene rings is 3. The molecule has 1 amide bonds. The SMILES string of the molecule is Cc1nc(-c2ccccc2)nc(N2c3ccccc3CC2C(=O)N(C)c2ccc(Cl)cc2)c1C. The van der Waals surface area contributed by atoms with Gasteiger partial charge < -0.3 is 9.80 Å². The fourth-order valence-electron chi connectivity index (χ4n) is 4.43. The highest BCUT2D eigenvalue weighted by Crippen LogP contribution is 2.40. The van der Waals surface area contributed by atoms with Crippen LogP contribution in [0, 0.1) is 13.8 Å². The van der Waals surface area contributed by atoms with Crippen molar-refractivity contribution in [1.82, 2.24) is 9.97 Å². The van der Waals surface area contributed by atoms with Crippen LogP contribution >= 0.6 is 11.6 Å². The molecule has 0 radical (unpaired) electrons. The van der Waals surface area contributed by atoms with E-state index in [0.29, 0.717) is 17.3 Å². The van der Waals surface area contributed by atoms with Crippen LogP contribution in [0.15, 0.2) is 78.9 Å². The average molecular weight is 469 g/mol. The number of halogens is 1. The molecule has 3 aromatic carbocycles. The second-order valence-electron chi connectivity index (χ2n) is 8.54. The normalized spacial score (nSPS) is 14.7. The summed E-state index contributed by atoms with van der Waals surface area (Å²) in [6.07, 6.45) is 0.607. The number of aryl methyl sites for hydroxylation is 1. The molecule has 0 fully saturated rings. The monoisotopic (exact) mass is 468 g/mol. The van der Waals surface area contributed by atoms with E-state index < -0.39 is 6.04 Å². The van der Waals surface area contributed by atoms with Gasteiger partial charge in [-0.3, -0.25) is 4.79 Å². The third-order valence-corrected chi connectivity index (χ3v) is 6.68. The van der Waals surface area contributed by atoms with E-state index in [0.717, 1.165) is 39.6 Å². The standard InChI is InChI=1S/C28H25ClN4O/c1-18-19(2)30-26(20-9-5-4-6-10-20)31-27(18)33-24-12-8-7-11-21(24)17-25(33)28(34)32(3)23-15-13-22(29)14-16-23/h4-16,25H,17H2,1-3H3. The van der Waals surface area contributed by atoms with E-state index in [2.05, 4.69) is 17.0 Å². The Morgan fingerprint density at radius 3 is 2.35 bits per heavy atom. The smallest absolute Gasteiger partial charge is 0.250 e. The van der Waals surface area contributed by atoms with Crippen molar-refractivity contribution in [2.75, 3.05) is 16.8 Å². The predicted molar refractivity (Wildman–Crippen MR) is 138 cm³/mol. The van der Waals surface area contributed by atoms with Gasteiger partial charge in [0.1, 0.15) is 11.9 Å². The lowest BCUT2D eigenvalue weighted by Gasteiger charge is -2.31. The summed E-state index contributed by atoms with van der Waals surface area (Å²) in [6, 6.07) is 25.0. The number of carbonyl (C=O) groups excluding carboxylic acids is 1. The van der Waals surface area contributed by atoms with E-state index >= 15 is 0 Å². The molecule has 1 aromatic heterocycles. The number of aromatic nitrogens is 2. The summed E-state index contributed by atoms with van der Waals surface area (Å²) in [5.74, 6) is 1.41. The number of anilines is 3. The van der Waals surface area contributed by atoms with Gasteiger partial charge in [0.25, 0.3) is 0 Å². The molecular formula is C28H25ClN4O. The third kappa shape index (κ3) is 3.93. The van der Waals surface area contributed by atoms with E-state index in [9.17, 15) is 4.79 Å². The molecule has 1 atom stereocenters. The number of hydrogen-bond acceptors (Lipinski definition) is 4. The molecular weight excluding hydrogens is 444 g/mol. The van der Waals surface area contributed by atoms with Crippen molar-refractivity contribution >= 4 is 34.7 Å². The average Bonchev–Trinajstić information content (AvgIpc) is 3.25. The molecule has 2 heterocycles. The lowest BCUT2D eigenvalue weighted by atomic mass is 10.1. The Morgan fingerprint density at radius 2 is 1.62 bits per heavy atom. The summed E-state index contributed by atoms with van der Waals surface area (Å²) >= 11 is 6.06. The number of likely N-dealkylation sites (N-methyl/N-ethyl adjacent to an activating group) is 1. The van der Waals surface area contributed by atoms with Gasteiger partial charge in [-0.2, -0.15) is 0 Å². The predicted octanol–water partition coefficient (Wildman–Crippen LogP) is 6.14. The van der Waals surface area contributed by atoms with Gasteiger partial charge >= 0.3 is 0 Å². The van der Waals surface area contributed by atoms with Crippen LogP contribution in [0.5, 0.6) is 0 Å². The quantitative estimate of drug-likeness (QED) is 0.361. The molecule has 6 heteroatoms. The highest BCUT2D eigenvalue weighted by molar-refractivity contribution is 6.30. The van der Waals surface area contributed by atoms with Crippen LogP contribution in [-0.2, 0) is 11.2 Å². The van der Waals surface area contributed by atoms with Crippen molar-refractivity contribution in [2.45, 2.75) is 26.3 Å². The topological polar surface area (TPSA) is 49.3 Å². The summed E-state index contributed by atoms with van der Waals surface area (Å²) in [6.45, 7) is 4.01. The first-order valence-corrected chi connectivity index (χ1v) is 11.6. The van der Waals surface area contributed by atoms with Crippen LogP contribution in [0.2, 0.25) is 5.02 Å². The Kier molecular flexibility index (Phi) is 5.80. The molecule has 0 N–H and O–H groups in total. The van der Waals surface area contributed by atoms with Crippen molar-refractivity contribution in [1.29, 1.82) is 0 Å². The number of fused-ring (bicyclic) bond motifs is 1. The van der Waals surface area contributed by atoms with E-state index in [1.807, 2.05) is 68.4 Å². The van der Waals surface area contributed by atoms with Crippen LogP contribution in [0.3, 0.4) is 0 Å². The molecule has 0 saturated carbocycles. The second-order valence-corrected chi connectivity index (χ2v) is 8.98. The Labute approximate surface area is 204 Å². The lowest BCUT2D eigenvalue weighted by Crippen LogP contribution is -2.45. The number of amides is 1. The zero-order valence-electron chi connectivity index (χ0n) is 19.4. The first-order valence-electron chi connectivity index (χ1n) is 11.2. The van der Waals surface area contributed by atoms with E-state index in [-0.39, 0.29) is 5.91 Å². The minimum absolute atomic E-state index is 0.00421. The van der Waals surface area contributed by atoms with Gasteiger partial charge in [0, 0.05) is 46.7 Å². The largest absolute Gasteiger partial charge is 0.314 e. The maximum atomic E-state index is 13.8. The molecule has 1 aliphatic rings. The van der Waals surface area contributed by atoms with E-state index in [1.54, 1.807) is 24.1 Å². The fourth-order valence-corrected chi connectivity index (χ4v) is 4.55. The molecule has 4 aromatic rings. The van der Waals surface area contributed by atoms with E-state index in [1.165, 1.54) is 0 Å². The summed E-state index contributed by atoms with van der Waals surface area (Å²) in [5, 5.41) is 0.639. The van der Waals surface area contributed by atoms with Gasteiger partial charge in [-0.25, -0.2) is 9.97 Å². The van der Waals surface area contributed by atoms with E-state index in [4.69, 9.17) is 21.6 Å². The number of rotatable bonds is 4. The Bertz CT molecular complexity index is 1350. The Hall–Kier alpha value is -3.70. The molecule has 5 rings (SSSR count). The molecule has 0 aliphatic carbocycles. The van der Waals surface area contributed by atoms with Gasteiger partial charge in [0.15, 0.2) is 5.82 Å². The van der Waals surface area contributed by atoms with Crippen LogP contribution in [0.25, 0.3) is 11.4 Å². The first kappa shape index (κ1) is 22.1. The molecule has 5 nitrogen and oxygen atoms in total. The fraction of sp³-hybridized carbons (Fsp3) is 0.179. The number of para-hydroxylation sites is 1. The van der Waals surface area contributed by atoms with Crippen molar-refractivity contribution in [3.8, 4) is 11.4 Å². The second kappa shape index (κ2) is 8.92. The molecule has 1 unspecified atom stereocenters. The van der Waals surface area contributed by atoms with Crippen LogP contribution in [-0.4, -0.2) is 29.0 Å².